The second-order valence-corrected chi connectivity index (χ2v) is 5.97. The number of nitrogens with one attached hydrogen (secondary N) is 2. The first kappa shape index (κ1) is 14.3. The molecule has 0 radical (unpaired) electrons. The summed E-state index contributed by atoms with van der Waals surface area (Å²) in [7, 11) is 1.64. The second-order valence-electron chi connectivity index (χ2n) is 4.68. The Morgan fingerprint density at radius 3 is 2.95 bits per heavy atom. The van der Waals surface area contributed by atoms with Crippen molar-refractivity contribution in [3.8, 4) is 5.75 Å². The highest BCUT2D eigenvalue weighted by Crippen LogP contribution is 2.36. The summed E-state index contributed by atoms with van der Waals surface area (Å²) in [6.45, 7) is 0.682. The Morgan fingerprint density at radius 2 is 2.14 bits per heavy atom. The first-order valence-electron chi connectivity index (χ1n) is 6.51. The van der Waals surface area contributed by atoms with E-state index in [1.807, 2.05) is 18.3 Å². The van der Waals surface area contributed by atoms with Crippen LogP contribution in [0.2, 0.25) is 5.02 Å². The number of ether oxygens (including phenoxy) is 1. The molecule has 1 heterocycles. The van der Waals surface area contributed by atoms with E-state index in [1.54, 1.807) is 7.11 Å². The van der Waals surface area contributed by atoms with E-state index in [-0.39, 0.29) is 0 Å². The number of hydrogen-bond acceptors (Lipinski definition) is 2. The Labute approximate surface area is 136 Å². The molecule has 0 spiro atoms. The van der Waals surface area contributed by atoms with Gasteiger partial charge in [0.25, 0.3) is 0 Å². The van der Waals surface area contributed by atoms with Crippen LogP contribution in [0.5, 0.6) is 5.75 Å². The molecule has 108 valence electrons. The van der Waals surface area contributed by atoms with Gasteiger partial charge < -0.3 is 15.0 Å². The molecule has 0 aliphatic rings. The fourth-order valence-corrected chi connectivity index (χ4v) is 3.36. The van der Waals surface area contributed by atoms with Crippen LogP contribution in [0.3, 0.4) is 0 Å². The second kappa shape index (κ2) is 6.00. The molecule has 0 bridgehead atoms. The van der Waals surface area contributed by atoms with Crippen molar-refractivity contribution in [1.82, 2.24) is 4.98 Å². The number of fused-ring (bicyclic) bond motifs is 1. The lowest BCUT2D eigenvalue weighted by Gasteiger charge is -2.14. The molecule has 0 saturated heterocycles. The number of H-pyrrole nitrogens is 1. The lowest BCUT2D eigenvalue weighted by atomic mass is 10.1. The summed E-state index contributed by atoms with van der Waals surface area (Å²) < 4.78 is 6.25. The van der Waals surface area contributed by atoms with Gasteiger partial charge in [0, 0.05) is 17.8 Å². The van der Waals surface area contributed by atoms with E-state index in [4.69, 9.17) is 16.3 Å². The molecule has 5 heteroatoms. The predicted octanol–water partition coefficient (Wildman–Crippen LogP) is 5.20. The summed E-state index contributed by atoms with van der Waals surface area (Å²) in [4.78, 5) is 3.27. The van der Waals surface area contributed by atoms with Crippen molar-refractivity contribution < 1.29 is 4.74 Å². The molecule has 3 nitrogen and oxygen atoms in total. The van der Waals surface area contributed by atoms with Crippen LogP contribution in [0.4, 0.5) is 5.69 Å². The van der Waals surface area contributed by atoms with Crippen LogP contribution in [-0.4, -0.2) is 12.1 Å². The Hall–Kier alpha value is -1.65. The topological polar surface area (TPSA) is 37.0 Å². The molecule has 0 amide bonds. The molecule has 0 saturated carbocycles. The summed E-state index contributed by atoms with van der Waals surface area (Å²) in [6, 6.07) is 12.0. The Bertz CT molecular complexity index is 785. The van der Waals surface area contributed by atoms with E-state index in [1.165, 1.54) is 10.9 Å². The van der Waals surface area contributed by atoms with Gasteiger partial charge in [0.15, 0.2) is 5.75 Å². The quantitative estimate of drug-likeness (QED) is 0.666. The van der Waals surface area contributed by atoms with Gasteiger partial charge in [-0.3, -0.25) is 0 Å². The van der Waals surface area contributed by atoms with Crippen LogP contribution in [0.1, 0.15) is 5.56 Å². The first-order valence-corrected chi connectivity index (χ1v) is 7.68. The van der Waals surface area contributed by atoms with Crippen molar-refractivity contribution in [2.75, 3.05) is 12.4 Å². The summed E-state index contributed by atoms with van der Waals surface area (Å²) in [5, 5.41) is 5.24. The lowest BCUT2D eigenvalue weighted by Crippen LogP contribution is -2.02. The zero-order chi connectivity index (χ0) is 14.8. The van der Waals surface area contributed by atoms with Crippen LogP contribution >= 0.6 is 27.5 Å². The number of anilines is 1. The largest absolute Gasteiger partial charge is 0.493 e. The predicted molar refractivity (Wildman–Crippen MR) is 91.3 cm³/mol. The summed E-state index contributed by atoms with van der Waals surface area (Å²) in [5.41, 5.74) is 3.20. The van der Waals surface area contributed by atoms with E-state index in [0.717, 1.165) is 21.4 Å². The van der Waals surface area contributed by atoms with Gasteiger partial charge in [-0.15, -0.1) is 0 Å². The fourth-order valence-electron chi connectivity index (χ4n) is 2.39. The van der Waals surface area contributed by atoms with Crippen molar-refractivity contribution in [3.05, 3.63) is 57.7 Å². The standard InChI is InChI=1S/C16H14BrClN2O/c1-21-16-13(17)7-12(18)8-14(16)20-9-11-4-2-3-10-5-6-19-15(10)11/h2-8,19-20H,9H2,1H3. The number of aromatic nitrogens is 1. The third-order valence-electron chi connectivity index (χ3n) is 3.36. The smallest absolute Gasteiger partial charge is 0.156 e. The third kappa shape index (κ3) is 2.87. The zero-order valence-electron chi connectivity index (χ0n) is 11.4. The monoisotopic (exact) mass is 364 g/mol. The average Bonchev–Trinajstić information content (AvgIpc) is 2.93. The van der Waals surface area contributed by atoms with Gasteiger partial charge >= 0.3 is 0 Å². The minimum atomic E-state index is 0.656. The SMILES string of the molecule is COc1c(Br)cc(Cl)cc1NCc1cccc2cc[nH]c12. The van der Waals surface area contributed by atoms with E-state index in [2.05, 4.69) is 50.5 Å². The number of halogens is 2. The van der Waals surface area contributed by atoms with Crippen LogP contribution in [0.25, 0.3) is 10.9 Å². The van der Waals surface area contributed by atoms with Gasteiger partial charge in [0.2, 0.25) is 0 Å². The molecule has 21 heavy (non-hydrogen) atoms. The zero-order valence-corrected chi connectivity index (χ0v) is 13.8. The number of benzene rings is 2. The van der Waals surface area contributed by atoms with Crippen LogP contribution in [0.15, 0.2) is 47.1 Å². The molecule has 3 aromatic rings. The lowest BCUT2D eigenvalue weighted by molar-refractivity contribution is 0.414. The van der Waals surface area contributed by atoms with Gasteiger partial charge in [-0.1, -0.05) is 29.8 Å². The minimum absolute atomic E-state index is 0.656. The van der Waals surface area contributed by atoms with Crippen LogP contribution in [0, 0.1) is 0 Å². The van der Waals surface area contributed by atoms with Crippen LogP contribution in [-0.2, 0) is 6.54 Å². The van der Waals surface area contributed by atoms with E-state index in [9.17, 15) is 0 Å². The highest BCUT2D eigenvalue weighted by atomic mass is 79.9. The van der Waals surface area contributed by atoms with Gasteiger partial charge in [-0.2, -0.15) is 0 Å². The molecule has 0 unspecified atom stereocenters. The maximum atomic E-state index is 6.11. The van der Waals surface area contributed by atoms with Crippen molar-refractivity contribution in [1.29, 1.82) is 0 Å². The fraction of sp³-hybridized carbons (Fsp3) is 0.125. The van der Waals surface area contributed by atoms with Crippen molar-refractivity contribution in [2.45, 2.75) is 6.54 Å². The molecule has 1 aromatic heterocycles. The van der Waals surface area contributed by atoms with Gasteiger partial charge in [0.05, 0.1) is 22.8 Å². The summed E-state index contributed by atoms with van der Waals surface area (Å²) >= 11 is 9.57. The number of methoxy groups -OCH3 is 1. The molecule has 2 aromatic carbocycles. The maximum Gasteiger partial charge on any atom is 0.156 e. The highest BCUT2D eigenvalue weighted by molar-refractivity contribution is 9.10. The number of aromatic amines is 1. The van der Waals surface area contributed by atoms with Crippen molar-refractivity contribution in [3.63, 3.8) is 0 Å². The Morgan fingerprint density at radius 1 is 1.29 bits per heavy atom. The number of hydrogen-bond donors (Lipinski definition) is 2. The molecule has 0 aliphatic heterocycles. The highest BCUT2D eigenvalue weighted by Gasteiger charge is 2.10. The summed E-state index contributed by atoms with van der Waals surface area (Å²) in [6.07, 6.45) is 1.95. The molecule has 2 N–H and O–H groups in total. The van der Waals surface area contributed by atoms with Crippen LogP contribution < -0.4 is 10.1 Å². The maximum absolute atomic E-state index is 6.11. The van der Waals surface area contributed by atoms with Gasteiger partial charge in [0.1, 0.15) is 0 Å². The first-order chi connectivity index (χ1) is 10.2. The number of rotatable bonds is 4. The van der Waals surface area contributed by atoms with Gasteiger partial charge in [-0.25, -0.2) is 0 Å². The molecular formula is C16H14BrClN2O. The Balaban J connectivity index is 1.90. The molecule has 0 aliphatic carbocycles. The third-order valence-corrected chi connectivity index (χ3v) is 4.16. The molecule has 0 atom stereocenters. The van der Waals surface area contributed by atoms with E-state index >= 15 is 0 Å². The Kier molecular flexibility index (Phi) is 4.08. The average molecular weight is 366 g/mol. The normalized spacial score (nSPS) is 10.8. The molecule has 0 fully saturated rings. The van der Waals surface area contributed by atoms with Crippen molar-refractivity contribution >= 4 is 44.1 Å². The number of para-hydroxylation sites is 1. The van der Waals surface area contributed by atoms with Crippen molar-refractivity contribution in [2.24, 2.45) is 0 Å². The minimum Gasteiger partial charge on any atom is -0.493 e. The summed E-state index contributed by atoms with van der Waals surface area (Å²) in [5.74, 6) is 0.748. The van der Waals surface area contributed by atoms with Gasteiger partial charge in [-0.05, 0) is 45.1 Å². The van der Waals surface area contributed by atoms with E-state index < -0.39 is 0 Å². The molecule has 3 rings (SSSR count). The molecular weight excluding hydrogens is 352 g/mol. The van der Waals surface area contributed by atoms with E-state index in [0.29, 0.717) is 11.6 Å².